The highest BCUT2D eigenvalue weighted by Crippen LogP contribution is 2.19. The van der Waals surface area contributed by atoms with Gasteiger partial charge >= 0.3 is 0 Å². The molecule has 2 aromatic carbocycles. The van der Waals surface area contributed by atoms with Gasteiger partial charge in [0.25, 0.3) is 5.91 Å². The van der Waals surface area contributed by atoms with Gasteiger partial charge in [-0.05, 0) is 42.2 Å². The normalized spacial score (nSPS) is 10.3. The van der Waals surface area contributed by atoms with E-state index in [1.165, 1.54) is 0 Å². The number of nitrogens with one attached hydrogen (secondary N) is 1. The molecule has 0 spiro atoms. The Morgan fingerprint density at radius 3 is 2.60 bits per heavy atom. The summed E-state index contributed by atoms with van der Waals surface area (Å²) in [7, 11) is 1.65. The third kappa shape index (κ3) is 3.85. The van der Waals surface area contributed by atoms with Crippen molar-refractivity contribution in [2.45, 2.75) is 11.5 Å². The molecule has 0 aromatic heterocycles. The first-order valence-corrected chi connectivity index (χ1v) is 7.48. The van der Waals surface area contributed by atoms with Gasteiger partial charge in [0.2, 0.25) is 0 Å². The molecular formula is C16H17NO2S. The topological polar surface area (TPSA) is 38.3 Å². The number of carbonyl (C=O) groups excluding carboxylic acids is 1. The van der Waals surface area contributed by atoms with Crippen molar-refractivity contribution in [2.75, 3.05) is 18.7 Å². The van der Waals surface area contributed by atoms with Crippen molar-refractivity contribution in [3.05, 3.63) is 59.7 Å². The van der Waals surface area contributed by atoms with Crippen LogP contribution in [0.25, 0.3) is 0 Å². The van der Waals surface area contributed by atoms with Gasteiger partial charge in [-0.25, -0.2) is 0 Å². The molecule has 0 fully saturated rings. The summed E-state index contributed by atoms with van der Waals surface area (Å²) in [6, 6.07) is 15.2. The second-order valence-electron chi connectivity index (χ2n) is 4.32. The van der Waals surface area contributed by atoms with E-state index in [1.807, 2.05) is 54.8 Å². The summed E-state index contributed by atoms with van der Waals surface area (Å²) in [6.07, 6.45) is 2.01. The lowest BCUT2D eigenvalue weighted by Gasteiger charge is -2.07. The summed E-state index contributed by atoms with van der Waals surface area (Å²) in [4.78, 5) is 13.3. The minimum Gasteiger partial charge on any atom is -0.380 e. The molecule has 104 valence electrons. The van der Waals surface area contributed by atoms with Crippen LogP contribution >= 0.6 is 11.8 Å². The van der Waals surface area contributed by atoms with Gasteiger partial charge in [-0.2, -0.15) is 0 Å². The average molecular weight is 287 g/mol. The second-order valence-corrected chi connectivity index (χ2v) is 5.20. The minimum atomic E-state index is -0.104. The fourth-order valence-corrected chi connectivity index (χ4v) is 2.28. The third-order valence-corrected chi connectivity index (χ3v) is 3.58. The highest BCUT2D eigenvalue weighted by atomic mass is 32.2. The zero-order valence-electron chi connectivity index (χ0n) is 11.6. The number of hydrogen-bond acceptors (Lipinski definition) is 3. The maximum absolute atomic E-state index is 12.1. The van der Waals surface area contributed by atoms with E-state index in [-0.39, 0.29) is 5.91 Å². The first-order chi connectivity index (χ1) is 9.72. The van der Waals surface area contributed by atoms with Crippen molar-refractivity contribution >= 4 is 23.4 Å². The quantitative estimate of drug-likeness (QED) is 0.850. The Bertz CT molecular complexity index is 581. The van der Waals surface area contributed by atoms with E-state index in [4.69, 9.17) is 4.74 Å². The van der Waals surface area contributed by atoms with E-state index in [9.17, 15) is 4.79 Å². The average Bonchev–Trinajstić information content (AvgIpc) is 2.48. The zero-order valence-corrected chi connectivity index (χ0v) is 12.4. The molecule has 0 unspecified atom stereocenters. The molecule has 0 saturated carbocycles. The predicted molar refractivity (Wildman–Crippen MR) is 83.3 cm³/mol. The predicted octanol–water partition coefficient (Wildman–Crippen LogP) is 3.81. The summed E-state index contributed by atoms with van der Waals surface area (Å²) in [5.74, 6) is -0.104. The maximum Gasteiger partial charge on any atom is 0.255 e. The van der Waals surface area contributed by atoms with Crippen LogP contribution in [0.1, 0.15) is 15.9 Å². The van der Waals surface area contributed by atoms with Gasteiger partial charge < -0.3 is 10.1 Å². The Morgan fingerprint density at radius 1 is 1.20 bits per heavy atom. The zero-order chi connectivity index (χ0) is 14.4. The number of anilines is 1. The summed E-state index contributed by atoms with van der Waals surface area (Å²) in [6.45, 7) is 0.553. The molecule has 3 nitrogen and oxygen atoms in total. The standard InChI is InChI=1S/C16H17NO2S/c1-19-11-12-6-8-13(9-7-12)16(18)17-14-4-3-5-15(10-14)20-2/h3-10H,11H2,1-2H3,(H,17,18). The van der Waals surface area contributed by atoms with Crippen LogP contribution in [0.3, 0.4) is 0 Å². The number of benzene rings is 2. The van der Waals surface area contributed by atoms with Crippen molar-refractivity contribution in [2.24, 2.45) is 0 Å². The van der Waals surface area contributed by atoms with E-state index in [0.717, 1.165) is 16.1 Å². The van der Waals surface area contributed by atoms with Crippen molar-refractivity contribution in [3.8, 4) is 0 Å². The SMILES string of the molecule is COCc1ccc(C(=O)Nc2cccc(SC)c2)cc1. The molecule has 2 rings (SSSR count). The Balaban J connectivity index is 2.07. The Kier molecular flexibility index (Phi) is 5.21. The summed E-state index contributed by atoms with van der Waals surface area (Å²) >= 11 is 1.65. The van der Waals surface area contributed by atoms with Crippen LogP contribution in [0.5, 0.6) is 0 Å². The summed E-state index contributed by atoms with van der Waals surface area (Å²) < 4.78 is 5.05. The number of ether oxygens (including phenoxy) is 1. The Morgan fingerprint density at radius 2 is 1.95 bits per heavy atom. The van der Waals surface area contributed by atoms with Gasteiger partial charge in [0.15, 0.2) is 0 Å². The summed E-state index contributed by atoms with van der Waals surface area (Å²) in [5.41, 5.74) is 2.50. The van der Waals surface area contributed by atoms with E-state index in [2.05, 4.69) is 5.32 Å². The van der Waals surface area contributed by atoms with E-state index < -0.39 is 0 Å². The molecule has 0 bridgehead atoms. The number of amides is 1. The van der Waals surface area contributed by atoms with Gasteiger partial charge in [-0.3, -0.25) is 4.79 Å². The molecule has 20 heavy (non-hydrogen) atoms. The van der Waals surface area contributed by atoms with Crippen molar-refractivity contribution in [3.63, 3.8) is 0 Å². The maximum atomic E-state index is 12.1. The van der Waals surface area contributed by atoms with E-state index in [0.29, 0.717) is 12.2 Å². The number of rotatable bonds is 5. The second kappa shape index (κ2) is 7.12. The molecule has 0 saturated heterocycles. The van der Waals surface area contributed by atoms with Crippen molar-refractivity contribution in [1.29, 1.82) is 0 Å². The van der Waals surface area contributed by atoms with Crippen LogP contribution in [0.15, 0.2) is 53.4 Å². The lowest BCUT2D eigenvalue weighted by Crippen LogP contribution is -2.11. The highest BCUT2D eigenvalue weighted by Gasteiger charge is 2.06. The number of hydrogen-bond donors (Lipinski definition) is 1. The highest BCUT2D eigenvalue weighted by molar-refractivity contribution is 7.98. The minimum absolute atomic E-state index is 0.104. The number of thioether (sulfide) groups is 1. The molecule has 0 aliphatic carbocycles. The van der Waals surface area contributed by atoms with Crippen LogP contribution in [0.2, 0.25) is 0 Å². The molecular weight excluding hydrogens is 270 g/mol. The Hall–Kier alpha value is -1.78. The lowest BCUT2D eigenvalue weighted by atomic mass is 10.1. The van der Waals surface area contributed by atoms with Crippen LogP contribution in [-0.4, -0.2) is 19.3 Å². The molecule has 0 aliphatic heterocycles. The smallest absolute Gasteiger partial charge is 0.255 e. The van der Waals surface area contributed by atoms with Crippen LogP contribution < -0.4 is 5.32 Å². The van der Waals surface area contributed by atoms with Gasteiger partial charge in [0.1, 0.15) is 0 Å². The van der Waals surface area contributed by atoms with Crippen molar-refractivity contribution < 1.29 is 9.53 Å². The van der Waals surface area contributed by atoms with E-state index in [1.54, 1.807) is 18.9 Å². The summed E-state index contributed by atoms with van der Waals surface area (Å²) in [5, 5.41) is 2.90. The van der Waals surface area contributed by atoms with Crippen LogP contribution in [-0.2, 0) is 11.3 Å². The van der Waals surface area contributed by atoms with Gasteiger partial charge in [0.05, 0.1) is 6.61 Å². The molecule has 0 atom stereocenters. The fourth-order valence-electron chi connectivity index (χ4n) is 1.82. The lowest BCUT2D eigenvalue weighted by molar-refractivity contribution is 0.102. The van der Waals surface area contributed by atoms with Gasteiger partial charge in [0, 0.05) is 23.3 Å². The molecule has 1 N–H and O–H groups in total. The fraction of sp³-hybridized carbons (Fsp3) is 0.188. The molecule has 1 amide bonds. The molecule has 0 heterocycles. The number of carbonyl (C=O) groups is 1. The van der Waals surface area contributed by atoms with Gasteiger partial charge in [-0.1, -0.05) is 18.2 Å². The molecule has 0 aliphatic rings. The number of methoxy groups -OCH3 is 1. The first kappa shape index (κ1) is 14.6. The first-order valence-electron chi connectivity index (χ1n) is 6.26. The van der Waals surface area contributed by atoms with E-state index >= 15 is 0 Å². The largest absolute Gasteiger partial charge is 0.380 e. The van der Waals surface area contributed by atoms with Crippen LogP contribution in [0.4, 0.5) is 5.69 Å². The molecule has 4 heteroatoms. The third-order valence-electron chi connectivity index (χ3n) is 2.85. The molecule has 0 radical (unpaired) electrons. The Labute approximate surface area is 123 Å². The molecule has 2 aromatic rings. The van der Waals surface area contributed by atoms with Crippen LogP contribution in [0, 0.1) is 0 Å². The van der Waals surface area contributed by atoms with Crippen molar-refractivity contribution in [1.82, 2.24) is 0 Å². The monoisotopic (exact) mass is 287 g/mol. The van der Waals surface area contributed by atoms with Gasteiger partial charge in [-0.15, -0.1) is 11.8 Å².